The lowest BCUT2D eigenvalue weighted by Crippen LogP contribution is -2.39. The predicted molar refractivity (Wildman–Crippen MR) is 104 cm³/mol. The van der Waals surface area contributed by atoms with Crippen molar-refractivity contribution in [3.05, 3.63) is 0 Å². The van der Waals surface area contributed by atoms with Gasteiger partial charge < -0.3 is 15.8 Å². The monoisotopic (exact) mass is 437 g/mol. The molecule has 0 unspecified atom stereocenters. The minimum atomic E-state index is -0.0857. The number of guanidine groups is 1. The summed E-state index contributed by atoms with van der Waals surface area (Å²) >= 11 is 0. The summed E-state index contributed by atoms with van der Waals surface area (Å²) in [5.41, 5.74) is 5.93. The molecule has 0 aromatic carbocycles. The SMILES string of the molecule is I.NC(=NCCCC(=O)OC1CCCC1)NC1CCCCCC1. The van der Waals surface area contributed by atoms with Crippen LogP contribution in [-0.2, 0) is 9.53 Å². The van der Waals surface area contributed by atoms with Gasteiger partial charge in [0.05, 0.1) is 0 Å². The van der Waals surface area contributed by atoms with E-state index in [1.165, 1.54) is 51.4 Å². The van der Waals surface area contributed by atoms with E-state index in [1.807, 2.05) is 0 Å². The van der Waals surface area contributed by atoms with Crippen LogP contribution in [0.5, 0.6) is 0 Å². The zero-order valence-corrected chi connectivity index (χ0v) is 16.4. The normalized spacial score (nSPS) is 20.6. The van der Waals surface area contributed by atoms with Gasteiger partial charge in [0.1, 0.15) is 6.10 Å². The Labute approximate surface area is 157 Å². The number of hydrogen-bond donors (Lipinski definition) is 2. The number of esters is 1. The molecule has 2 aliphatic rings. The average molecular weight is 437 g/mol. The second-order valence-corrected chi connectivity index (χ2v) is 6.60. The molecule has 2 aliphatic carbocycles. The Balaban J connectivity index is 0.00000264. The van der Waals surface area contributed by atoms with Gasteiger partial charge in [-0.1, -0.05) is 25.7 Å². The van der Waals surface area contributed by atoms with Gasteiger partial charge in [-0.25, -0.2) is 0 Å². The van der Waals surface area contributed by atoms with E-state index in [2.05, 4.69) is 10.3 Å². The van der Waals surface area contributed by atoms with Gasteiger partial charge in [0.15, 0.2) is 5.96 Å². The van der Waals surface area contributed by atoms with Crippen molar-refractivity contribution in [1.29, 1.82) is 0 Å². The predicted octanol–water partition coefficient (Wildman–Crippen LogP) is 3.50. The van der Waals surface area contributed by atoms with E-state index in [0.717, 1.165) is 12.8 Å². The molecule has 3 N–H and O–H groups in total. The average Bonchev–Trinajstić information content (AvgIpc) is 2.86. The molecule has 0 aromatic rings. The quantitative estimate of drug-likeness (QED) is 0.167. The van der Waals surface area contributed by atoms with Gasteiger partial charge in [-0.05, 0) is 44.9 Å². The second kappa shape index (κ2) is 11.9. The zero-order chi connectivity index (χ0) is 15.6. The summed E-state index contributed by atoms with van der Waals surface area (Å²) in [7, 11) is 0. The van der Waals surface area contributed by atoms with E-state index >= 15 is 0 Å². The minimum Gasteiger partial charge on any atom is -0.462 e. The van der Waals surface area contributed by atoms with Gasteiger partial charge in [-0.2, -0.15) is 0 Å². The highest BCUT2D eigenvalue weighted by molar-refractivity contribution is 14.0. The number of nitrogens with two attached hydrogens (primary N) is 1. The molecule has 0 saturated heterocycles. The molecule has 0 amide bonds. The van der Waals surface area contributed by atoms with E-state index in [4.69, 9.17) is 10.5 Å². The Bertz CT molecular complexity index is 363. The first-order valence-corrected chi connectivity index (χ1v) is 9.00. The standard InChI is InChI=1S/C17H31N3O2.HI/c18-17(20-14-8-3-1-2-4-9-14)19-13-7-12-16(21)22-15-10-5-6-11-15;/h14-15H,1-13H2,(H3,18,19,20);1H. The number of nitrogens with one attached hydrogen (secondary N) is 1. The fourth-order valence-corrected chi connectivity index (χ4v) is 3.35. The van der Waals surface area contributed by atoms with Crippen molar-refractivity contribution in [3.63, 3.8) is 0 Å². The van der Waals surface area contributed by atoms with Crippen LogP contribution in [0, 0.1) is 0 Å². The summed E-state index contributed by atoms with van der Waals surface area (Å²) in [5.74, 6) is 0.438. The fourth-order valence-electron chi connectivity index (χ4n) is 3.35. The summed E-state index contributed by atoms with van der Waals surface area (Å²) in [6.07, 6.45) is 13.3. The molecule has 2 rings (SSSR count). The number of nitrogens with zero attached hydrogens (tertiary/aromatic N) is 1. The first kappa shape index (κ1) is 20.5. The lowest BCUT2D eigenvalue weighted by atomic mass is 10.1. The van der Waals surface area contributed by atoms with Crippen LogP contribution in [0.1, 0.15) is 77.0 Å². The summed E-state index contributed by atoms with van der Waals surface area (Å²) in [4.78, 5) is 16.0. The van der Waals surface area contributed by atoms with Crippen molar-refractivity contribution in [2.75, 3.05) is 6.54 Å². The van der Waals surface area contributed by atoms with E-state index < -0.39 is 0 Å². The van der Waals surface area contributed by atoms with Crippen molar-refractivity contribution in [2.45, 2.75) is 89.2 Å². The maximum atomic E-state index is 11.7. The molecule has 0 aromatic heterocycles. The fraction of sp³-hybridized carbons (Fsp3) is 0.882. The molecule has 0 aliphatic heterocycles. The summed E-state index contributed by atoms with van der Waals surface area (Å²) < 4.78 is 5.42. The molecular weight excluding hydrogens is 405 g/mol. The Morgan fingerprint density at radius 1 is 1.04 bits per heavy atom. The molecule has 134 valence electrons. The number of hydrogen-bond acceptors (Lipinski definition) is 3. The topological polar surface area (TPSA) is 76.7 Å². The van der Waals surface area contributed by atoms with E-state index in [1.54, 1.807) is 0 Å². The molecule has 6 heteroatoms. The number of aliphatic imine (C=N–C) groups is 1. The van der Waals surface area contributed by atoms with Crippen LogP contribution in [0.4, 0.5) is 0 Å². The lowest BCUT2D eigenvalue weighted by Gasteiger charge is -2.16. The number of carbonyl (C=O) groups is 1. The third-order valence-electron chi connectivity index (χ3n) is 4.63. The van der Waals surface area contributed by atoms with Gasteiger partial charge in [-0.3, -0.25) is 9.79 Å². The Morgan fingerprint density at radius 3 is 2.30 bits per heavy atom. The van der Waals surface area contributed by atoms with Crippen LogP contribution in [0.3, 0.4) is 0 Å². The van der Waals surface area contributed by atoms with E-state index in [9.17, 15) is 4.79 Å². The Morgan fingerprint density at radius 2 is 1.65 bits per heavy atom. The molecule has 0 heterocycles. The Hall–Kier alpha value is -0.530. The van der Waals surface area contributed by atoms with Crippen LogP contribution in [0.2, 0.25) is 0 Å². The van der Waals surface area contributed by atoms with Crippen LogP contribution >= 0.6 is 24.0 Å². The molecule has 0 bridgehead atoms. The van der Waals surface area contributed by atoms with Crippen LogP contribution < -0.4 is 11.1 Å². The molecule has 5 nitrogen and oxygen atoms in total. The van der Waals surface area contributed by atoms with Crippen molar-refractivity contribution in [1.82, 2.24) is 5.32 Å². The first-order valence-electron chi connectivity index (χ1n) is 9.00. The molecule has 0 spiro atoms. The molecule has 2 fully saturated rings. The molecule has 0 atom stereocenters. The van der Waals surface area contributed by atoms with E-state index in [0.29, 0.717) is 31.4 Å². The van der Waals surface area contributed by atoms with Crippen LogP contribution in [0.25, 0.3) is 0 Å². The van der Waals surface area contributed by atoms with Gasteiger partial charge >= 0.3 is 5.97 Å². The highest BCUT2D eigenvalue weighted by atomic mass is 127. The molecular formula is C17H32IN3O2. The number of carbonyl (C=O) groups excluding carboxylic acids is 1. The van der Waals surface area contributed by atoms with Crippen molar-refractivity contribution in [3.8, 4) is 0 Å². The van der Waals surface area contributed by atoms with E-state index in [-0.39, 0.29) is 36.0 Å². The maximum Gasteiger partial charge on any atom is 0.306 e. The van der Waals surface area contributed by atoms with Crippen molar-refractivity contribution >= 4 is 35.9 Å². The second-order valence-electron chi connectivity index (χ2n) is 6.60. The lowest BCUT2D eigenvalue weighted by molar-refractivity contribution is -0.148. The summed E-state index contributed by atoms with van der Waals surface area (Å²) in [5, 5.41) is 3.32. The van der Waals surface area contributed by atoms with Crippen LogP contribution in [0.15, 0.2) is 4.99 Å². The zero-order valence-electron chi connectivity index (χ0n) is 14.1. The third-order valence-corrected chi connectivity index (χ3v) is 4.63. The van der Waals surface area contributed by atoms with Gasteiger partial charge in [0.25, 0.3) is 0 Å². The van der Waals surface area contributed by atoms with Gasteiger partial charge in [0, 0.05) is 19.0 Å². The van der Waals surface area contributed by atoms with Crippen molar-refractivity contribution in [2.24, 2.45) is 10.7 Å². The maximum absolute atomic E-state index is 11.7. The third kappa shape index (κ3) is 8.77. The smallest absolute Gasteiger partial charge is 0.306 e. The largest absolute Gasteiger partial charge is 0.462 e. The highest BCUT2D eigenvalue weighted by Gasteiger charge is 2.18. The van der Waals surface area contributed by atoms with Crippen LogP contribution in [-0.4, -0.2) is 30.6 Å². The highest BCUT2D eigenvalue weighted by Crippen LogP contribution is 2.21. The van der Waals surface area contributed by atoms with Crippen molar-refractivity contribution < 1.29 is 9.53 Å². The molecule has 2 saturated carbocycles. The number of ether oxygens (including phenoxy) is 1. The van der Waals surface area contributed by atoms with Gasteiger partial charge in [0.2, 0.25) is 0 Å². The number of rotatable bonds is 6. The van der Waals surface area contributed by atoms with Gasteiger partial charge in [-0.15, -0.1) is 24.0 Å². The first-order chi connectivity index (χ1) is 10.7. The summed E-state index contributed by atoms with van der Waals surface area (Å²) in [6.45, 7) is 0.589. The number of halogens is 1. The summed E-state index contributed by atoms with van der Waals surface area (Å²) in [6, 6.07) is 0.471. The molecule has 0 radical (unpaired) electrons. The Kier molecular flexibility index (Phi) is 10.6. The molecule has 23 heavy (non-hydrogen) atoms. The minimum absolute atomic E-state index is 0.